The summed E-state index contributed by atoms with van der Waals surface area (Å²) >= 11 is 0. The summed E-state index contributed by atoms with van der Waals surface area (Å²) in [5, 5.41) is 7.20. The zero-order chi connectivity index (χ0) is 49.4. The highest BCUT2D eigenvalue weighted by Crippen LogP contribution is 2.46. The fraction of sp³-hybridized carbons (Fsp3) is 0. The molecular weight excluding hydrogens is 911 g/mol. The number of hydrogen-bond acceptors (Lipinski definition) is 2. The first kappa shape index (κ1) is 42.6. The molecule has 0 aliphatic heterocycles. The minimum Gasteiger partial charge on any atom is -0.309 e. The van der Waals surface area contributed by atoms with E-state index in [0.29, 0.717) is 5.82 Å². The van der Waals surface area contributed by atoms with E-state index in [4.69, 9.17) is 9.97 Å². The first-order valence-electron chi connectivity index (χ1n) is 25.6. The van der Waals surface area contributed by atoms with Crippen molar-refractivity contribution >= 4 is 65.4 Å². The van der Waals surface area contributed by atoms with Crippen molar-refractivity contribution in [1.29, 1.82) is 0 Å². The van der Waals surface area contributed by atoms with Crippen LogP contribution in [0.5, 0.6) is 0 Å². The molecule has 0 atom stereocenters. The Hall–Kier alpha value is -10.1. The second kappa shape index (κ2) is 17.3. The monoisotopic (exact) mass is 955 g/mol. The summed E-state index contributed by atoms with van der Waals surface area (Å²) in [5.41, 5.74) is 19.0. The fourth-order valence-electron chi connectivity index (χ4n) is 11.9. The van der Waals surface area contributed by atoms with E-state index >= 15 is 0 Å². The van der Waals surface area contributed by atoms with Gasteiger partial charge in [-0.15, -0.1) is 0 Å². The molecule has 15 aromatic rings. The summed E-state index contributed by atoms with van der Waals surface area (Å²) in [6.45, 7) is 0. The smallest absolute Gasteiger partial charge is 0.160 e. The Morgan fingerprint density at radius 3 is 1.04 bits per heavy atom. The van der Waals surface area contributed by atoms with Gasteiger partial charge < -0.3 is 13.7 Å². The van der Waals surface area contributed by atoms with Crippen LogP contribution in [-0.2, 0) is 0 Å². The topological polar surface area (TPSA) is 40.6 Å². The van der Waals surface area contributed by atoms with Gasteiger partial charge in [0.25, 0.3) is 0 Å². The van der Waals surface area contributed by atoms with Gasteiger partial charge in [-0.3, -0.25) is 0 Å². The maximum absolute atomic E-state index is 5.63. The lowest BCUT2D eigenvalue weighted by Gasteiger charge is -2.21. The van der Waals surface area contributed by atoms with Crippen LogP contribution in [0.1, 0.15) is 0 Å². The Morgan fingerprint density at radius 2 is 0.573 bits per heavy atom. The predicted octanol–water partition coefficient (Wildman–Crippen LogP) is 18.1. The highest BCUT2D eigenvalue weighted by Gasteiger charge is 2.26. The third-order valence-corrected chi connectivity index (χ3v) is 15.1. The van der Waals surface area contributed by atoms with Crippen LogP contribution in [0.4, 0.5) is 0 Å². The average Bonchev–Trinajstić information content (AvgIpc) is 4.15. The van der Waals surface area contributed by atoms with E-state index in [0.717, 1.165) is 89.5 Å². The first-order valence-corrected chi connectivity index (χ1v) is 25.6. The lowest BCUT2D eigenvalue weighted by molar-refractivity contribution is 1.14. The zero-order valence-electron chi connectivity index (χ0n) is 40.7. The van der Waals surface area contributed by atoms with Gasteiger partial charge in [-0.2, -0.15) is 0 Å². The van der Waals surface area contributed by atoms with Crippen LogP contribution < -0.4 is 0 Å². The van der Waals surface area contributed by atoms with E-state index in [1.54, 1.807) is 0 Å². The van der Waals surface area contributed by atoms with Crippen molar-refractivity contribution in [2.24, 2.45) is 0 Å². The van der Waals surface area contributed by atoms with Crippen LogP contribution in [0.15, 0.2) is 273 Å². The number of para-hydroxylation sites is 7. The quantitative estimate of drug-likeness (QED) is 0.152. The summed E-state index contributed by atoms with van der Waals surface area (Å²) in [6, 6.07) is 98.2. The third kappa shape index (κ3) is 6.72. The highest BCUT2D eigenvalue weighted by atomic mass is 15.0. The van der Waals surface area contributed by atoms with E-state index in [-0.39, 0.29) is 0 Å². The molecule has 11 aromatic carbocycles. The van der Waals surface area contributed by atoms with Crippen LogP contribution in [0, 0.1) is 0 Å². The highest BCUT2D eigenvalue weighted by molar-refractivity contribution is 6.17. The van der Waals surface area contributed by atoms with Gasteiger partial charge in [0.1, 0.15) is 0 Å². The Kier molecular flexibility index (Phi) is 9.82. The Bertz CT molecular complexity index is 4590. The normalized spacial score (nSPS) is 11.7. The van der Waals surface area contributed by atoms with Crippen molar-refractivity contribution in [3.05, 3.63) is 273 Å². The van der Waals surface area contributed by atoms with Crippen molar-refractivity contribution in [3.8, 4) is 73.2 Å². The molecule has 0 radical (unpaired) electrons. The van der Waals surface area contributed by atoms with Crippen LogP contribution >= 0.6 is 0 Å². The van der Waals surface area contributed by atoms with Gasteiger partial charge in [0.05, 0.1) is 61.6 Å². The van der Waals surface area contributed by atoms with Crippen LogP contribution in [0.3, 0.4) is 0 Å². The average molecular weight is 956 g/mol. The molecule has 0 aliphatic rings. The molecule has 0 saturated carbocycles. The second-order valence-corrected chi connectivity index (χ2v) is 19.2. The lowest BCUT2D eigenvalue weighted by atomic mass is 9.95. The first-order chi connectivity index (χ1) is 37.3. The zero-order valence-corrected chi connectivity index (χ0v) is 40.7. The number of nitrogens with zero attached hydrogens (tertiary/aromatic N) is 5. The molecule has 5 heteroatoms. The van der Waals surface area contributed by atoms with Crippen molar-refractivity contribution in [1.82, 2.24) is 23.7 Å². The van der Waals surface area contributed by atoms with Gasteiger partial charge in [0.15, 0.2) is 5.82 Å². The van der Waals surface area contributed by atoms with Gasteiger partial charge in [0, 0.05) is 60.1 Å². The molecule has 4 aromatic heterocycles. The molecule has 0 fully saturated rings. The van der Waals surface area contributed by atoms with Crippen molar-refractivity contribution in [2.45, 2.75) is 0 Å². The molecule has 0 amide bonds. The summed E-state index contributed by atoms with van der Waals surface area (Å²) in [4.78, 5) is 11.2. The second-order valence-electron chi connectivity index (χ2n) is 19.2. The van der Waals surface area contributed by atoms with Gasteiger partial charge in [-0.1, -0.05) is 224 Å². The molecule has 75 heavy (non-hydrogen) atoms. The molecular formula is C70H45N5. The number of fused-ring (bicyclic) bond motifs is 9. The summed E-state index contributed by atoms with van der Waals surface area (Å²) < 4.78 is 7.39. The summed E-state index contributed by atoms with van der Waals surface area (Å²) in [6.07, 6.45) is 0. The number of rotatable bonds is 8. The standard InChI is InChI=1S/C70H45N5/c1-4-23-46(24-5-1)49-34-20-36-55(68(49)74-62-40-17-12-31-53(62)54-32-13-18-41-63(54)74)58-45-59(72-70(71-58)48-27-8-3-9-28-48)56-37-21-35-50(47-25-6-2-7-26-47)69(56)75-64-42-19-14-33-57(64)67-65(43-22-44-66(67)75)73-60-38-15-10-29-51(60)52-30-11-16-39-61(52)73/h1-45H. The van der Waals surface area contributed by atoms with Crippen LogP contribution in [0.25, 0.3) is 139 Å². The summed E-state index contributed by atoms with van der Waals surface area (Å²) in [7, 11) is 0. The number of benzene rings is 11. The molecule has 0 saturated heterocycles. The molecule has 0 aliphatic carbocycles. The fourth-order valence-corrected chi connectivity index (χ4v) is 11.9. The van der Waals surface area contributed by atoms with Gasteiger partial charge >= 0.3 is 0 Å². The predicted molar refractivity (Wildman–Crippen MR) is 312 cm³/mol. The maximum atomic E-state index is 5.63. The van der Waals surface area contributed by atoms with Crippen molar-refractivity contribution in [2.75, 3.05) is 0 Å². The maximum Gasteiger partial charge on any atom is 0.160 e. The van der Waals surface area contributed by atoms with E-state index in [2.05, 4.69) is 287 Å². The van der Waals surface area contributed by atoms with E-state index in [1.807, 2.05) is 0 Å². The Labute approximate surface area is 433 Å². The molecule has 0 unspecified atom stereocenters. The molecule has 15 rings (SSSR count). The third-order valence-electron chi connectivity index (χ3n) is 15.1. The molecule has 350 valence electrons. The molecule has 0 N–H and O–H groups in total. The van der Waals surface area contributed by atoms with E-state index in [1.165, 1.54) is 43.4 Å². The van der Waals surface area contributed by atoms with E-state index in [9.17, 15) is 0 Å². The molecule has 5 nitrogen and oxygen atoms in total. The minimum absolute atomic E-state index is 0.647. The number of hydrogen-bond donors (Lipinski definition) is 0. The Morgan fingerprint density at radius 1 is 0.240 bits per heavy atom. The van der Waals surface area contributed by atoms with Crippen molar-refractivity contribution < 1.29 is 0 Å². The van der Waals surface area contributed by atoms with Gasteiger partial charge in [0.2, 0.25) is 0 Å². The summed E-state index contributed by atoms with van der Waals surface area (Å²) in [5.74, 6) is 0.647. The minimum atomic E-state index is 0.647. The van der Waals surface area contributed by atoms with Gasteiger partial charge in [-0.05, 0) is 59.7 Å². The van der Waals surface area contributed by atoms with E-state index < -0.39 is 0 Å². The molecule has 0 spiro atoms. The molecule has 0 bridgehead atoms. The SMILES string of the molecule is c1ccc(-c2nc(-c3cccc(-c4ccccc4)c3-n3c4ccccc4c4ccccc43)cc(-c3cccc(-c4ccccc4)c3-n3c4ccccc4c4c(-n5c6ccccc6c6ccccc65)cccc43)n2)cc1. The lowest BCUT2D eigenvalue weighted by Crippen LogP contribution is -2.05. The molecule has 4 heterocycles. The van der Waals surface area contributed by atoms with Crippen molar-refractivity contribution in [3.63, 3.8) is 0 Å². The van der Waals surface area contributed by atoms with Crippen LogP contribution in [-0.4, -0.2) is 23.7 Å². The number of aromatic nitrogens is 5. The Balaban J connectivity index is 1.05. The van der Waals surface area contributed by atoms with Gasteiger partial charge in [-0.25, -0.2) is 9.97 Å². The largest absolute Gasteiger partial charge is 0.309 e. The van der Waals surface area contributed by atoms with Crippen LogP contribution in [0.2, 0.25) is 0 Å².